The molecule has 1 rings (SSSR count). The monoisotopic (exact) mass is 227 g/mol. The summed E-state index contributed by atoms with van der Waals surface area (Å²) in [5.41, 5.74) is 0.915. The minimum absolute atomic E-state index is 0.152. The van der Waals surface area contributed by atoms with Crippen molar-refractivity contribution in [2.45, 2.75) is 18.7 Å². The molecule has 1 N–H and O–H groups in total. The van der Waals surface area contributed by atoms with E-state index < -0.39 is 9.84 Å². The van der Waals surface area contributed by atoms with Gasteiger partial charge in [0.1, 0.15) is 0 Å². The fourth-order valence-corrected chi connectivity index (χ4v) is 2.98. The first-order chi connectivity index (χ1) is 6.95. The molecule has 1 aromatic carbocycles. The molecule has 0 aliphatic carbocycles. The summed E-state index contributed by atoms with van der Waals surface area (Å²) in [5, 5.41) is 2.95. The molecule has 0 bridgehead atoms. The number of sulfone groups is 1. The Bertz CT molecular complexity index is 407. The molecule has 0 saturated heterocycles. The zero-order valence-electron chi connectivity index (χ0n) is 9.32. The van der Waals surface area contributed by atoms with Crippen molar-refractivity contribution in [1.82, 2.24) is 0 Å². The predicted octanol–water partition coefficient (Wildman–Crippen LogP) is 2.16. The van der Waals surface area contributed by atoms with E-state index in [1.165, 1.54) is 0 Å². The predicted molar refractivity (Wildman–Crippen MR) is 62.9 cm³/mol. The zero-order valence-corrected chi connectivity index (χ0v) is 10.1. The summed E-state index contributed by atoms with van der Waals surface area (Å²) in [5.74, 6) is 0.352. The van der Waals surface area contributed by atoms with Crippen LogP contribution in [0, 0.1) is 5.92 Å². The average Bonchev–Trinajstić information content (AvgIpc) is 2.16. The van der Waals surface area contributed by atoms with Gasteiger partial charge in [-0.2, -0.15) is 0 Å². The van der Waals surface area contributed by atoms with Gasteiger partial charge in [-0.05, 0) is 30.2 Å². The van der Waals surface area contributed by atoms with E-state index in [9.17, 15) is 8.42 Å². The summed E-state index contributed by atoms with van der Waals surface area (Å²) in [4.78, 5) is 0.398. The maximum atomic E-state index is 11.8. The number of hydrogen-bond donors (Lipinski definition) is 1. The Labute approximate surface area is 91.4 Å². The van der Waals surface area contributed by atoms with Crippen molar-refractivity contribution in [1.29, 1.82) is 0 Å². The Morgan fingerprint density at radius 1 is 1.20 bits per heavy atom. The number of rotatable bonds is 4. The molecule has 15 heavy (non-hydrogen) atoms. The third-order valence-electron chi connectivity index (χ3n) is 2.05. The highest BCUT2D eigenvalue weighted by Gasteiger charge is 2.15. The van der Waals surface area contributed by atoms with Crippen LogP contribution in [-0.4, -0.2) is 21.2 Å². The van der Waals surface area contributed by atoms with Crippen LogP contribution in [0.15, 0.2) is 29.2 Å². The molecular weight excluding hydrogens is 210 g/mol. The van der Waals surface area contributed by atoms with Crippen LogP contribution < -0.4 is 5.32 Å². The second-order valence-electron chi connectivity index (χ2n) is 3.95. The van der Waals surface area contributed by atoms with Crippen LogP contribution in [0.2, 0.25) is 0 Å². The first kappa shape index (κ1) is 12.0. The Morgan fingerprint density at radius 3 is 2.13 bits per heavy atom. The van der Waals surface area contributed by atoms with Crippen molar-refractivity contribution < 1.29 is 8.42 Å². The van der Waals surface area contributed by atoms with Gasteiger partial charge in [-0.25, -0.2) is 8.42 Å². The van der Waals surface area contributed by atoms with Gasteiger partial charge in [-0.15, -0.1) is 0 Å². The standard InChI is InChI=1S/C11H17NO2S/c1-9(2)8-15(13,14)11-6-4-10(12-3)5-7-11/h4-7,9,12H,8H2,1-3H3. The van der Waals surface area contributed by atoms with E-state index in [-0.39, 0.29) is 11.7 Å². The van der Waals surface area contributed by atoms with Crippen molar-refractivity contribution in [3.8, 4) is 0 Å². The average molecular weight is 227 g/mol. The smallest absolute Gasteiger partial charge is 0.178 e. The summed E-state index contributed by atoms with van der Waals surface area (Å²) >= 11 is 0. The fourth-order valence-electron chi connectivity index (χ4n) is 1.36. The second-order valence-corrected chi connectivity index (χ2v) is 5.98. The molecule has 0 heterocycles. The number of hydrogen-bond acceptors (Lipinski definition) is 3. The molecule has 0 aromatic heterocycles. The van der Waals surface area contributed by atoms with Gasteiger partial charge < -0.3 is 5.32 Å². The van der Waals surface area contributed by atoms with E-state index in [4.69, 9.17) is 0 Å². The Hall–Kier alpha value is -1.03. The van der Waals surface area contributed by atoms with Gasteiger partial charge in [0.25, 0.3) is 0 Å². The van der Waals surface area contributed by atoms with E-state index in [0.717, 1.165) is 5.69 Å². The minimum Gasteiger partial charge on any atom is -0.388 e. The summed E-state index contributed by atoms with van der Waals surface area (Å²) in [6, 6.07) is 6.83. The molecule has 0 unspecified atom stereocenters. The van der Waals surface area contributed by atoms with Gasteiger partial charge in [0.15, 0.2) is 9.84 Å². The maximum absolute atomic E-state index is 11.8. The molecular formula is C11H17NO2S. The fraction of sp³-hybridized carbons (Fsp3) is 0.455. The molecule has 84 valence electrons. The van der Waals surface area contributed by atoms with E-state index in [0.29, 0.717) is 4.90 Å². The zero-order chi connectivity index (χ0) is 11.5. The van der Waals surface area contributed by atoms with Crippen LogP contribution in [0.4, 0.5) is 5.69 Å². The first-order valence-corrected chi connectivity index (χ1v) is 6.61. The van der Waals surface area contributed by atoms with E-state index >= 15 is 0 Å². The van der Waals surface area contributed by atoms with Crippen molar-refractivity contribution in [2.24, 2.45) is 5.92 Å². The molecule has 0 aliphatic rings. The maximum Gasteiger partial charge on any atom is 0.178 e. The highest BCUT2D eigenvalue weighted by atomic mass is 32.2. The largest absolute Gasteiger partial charge is 0.388 e. The summed E-state index contributed by atoms with van der Waals surface area (Å²) in [6.07, 6.45) is 0. The van der Waals surface area contributed by atoms with Crippen molar-refractivity contribution in [3.63, 3.8) is 0 Å². The van der Waals surface area contributed by atoms with Gasteiger partial charge in [-0.3, -0.25) is 0 Å². The number of anilines is 1. The summed E-state index contributed by atoms with van der Waals surface area (Å²) < 4.78 is 23.6. The third-order valence-corrected chi connectivity index (χ3v) is 4.15. The summed E-state index contributed by atoms with van der Waals surface area (Å²) in [7, 11) is -1.31. The SMILES string of the molecule is CNc1ccc(S(=O)(=O)CC(C)C)cc1. The lowest BCUT2D eigenvalue weighted by Gasteiger charge is -2.07. The van der Waals surface area contributed by atoms with Gasteiger partial charge >= 0.3 is 0 Å². The van der Waals surface area contributed by atoms with Crippen LogP contribution in [0.25, 0.3) is 0 Å². The molecule has 0 atom stereocenters. The topological polar surface area (TPSA) is 46.2 Å². The molecule has 0 radical (unpaired) electrons. The number of benzene rings is 1. The Balaban J connectivity index is 2.96. The van der Waals surface area contributed by atoms with Gasteiger partial charge in [0.05, 0.1) is 10.6 Å². The van der Waals surface area contributed by atoms with E-state index in [1.54, 1.807) is 31.3 Å². The lowest BCUT2D eigenvalue weighted by atomic mass is 10.3. The quantitative estimate of drug-likeness (QED) is 0.857. The molecule has 0 amide bonds. The number of nitrogens with one attached hydrogen (secondary N) is 1. The van der Waals surface area contributed by atoms with Crippen LogP contribution >= 0.6 is 0 Å². The molecule has 4 heteroatoms. The highest BCUT2D eigenvalue weighted by molar-refractivity contribution is 7.91. The van der Waals surface area contributed by atoms with Crippen molar-refractivity contribution in [2.75, 3.05) is 18.1 Å². The van der Waals surface area contributed by atoms with Gasteiger partial charge in [0.2, 0.25) is 0 Å². The van der Waals surface area contributed by atoms with Crippen LogP contribution in [-0.2, 0) is 9.84 Å². The molecule has 0 spiro atoms. The first-order valence-electron chi connectivity index (χ1n) is 4.96. The van der Waals surface area contributed by atoms with Crippen molar-refractivity contribution >= 4 is 15.5 Å². The molecule has 0 aliphatic heterocycles. The summed E-state index contributed by atoms with van der Waals surface area (Å²) in [6.45, 7) is 3.80. The van der Waals surface area contributed by atoms with Crippen LogP contribution in [0.1, 0.15) is 13.8 Å². The van der Waals surface area contributed by atoms with Gasteiger partial charge in [0, 0.05) is 12.7 Å². The third kappa shape index (κ3) is 3.23. The van der Waals surface area contributed by atoms with Crippen LogP contribution in [0.3, 0.4) is 0 Å². The van der Waals surface area contributed by atoms with Gasteiger partial charge in [-0.1, -0.05) is 13.8 Å². The van der Waals surface area contributed by atoms with E-state index in [2.05, 4.69) is 5.32 Å². The molecule has 1 aromatic rings. The molecule has 0 saturated carbocycles. The van der Waals surface area contributed by atoms with E-state index in [1.807, 2.05) is 13.8 Å². The normalized spacial score (nSPS) is 11.7. The lowest BCUT2D eigenvalue weighted by molar-refractivity contribution is 0.582. The highest BCUT2D eigenvalue weighted by Crippen LogP contribution is 2.16. The van der Waals surface area contributed by atoms with Crippen molar-refractivity contribution in [3.05, 3.63) is 24.3 Å². The second kappa shape index (κ2) is 4.66. The van der Waals surface area contributed by atoms with Crippen LogP contribution in [0.5, 0.6) is 0 Å². The minimum atomic E-state index is -3.11. The molecule has 3 nitrogen and oxygen atoms in total. The Morgan fingerprint density at radius 2 is 1.73 bits per heavy atom. The molecule has 0 fully saturated rings. The Kier molecular flexibility index (Phi) is 3.74. The lowest BCUT2D eigenvalue weighted by Crippen LogP contribution is -2.11.